The van der Waals surface area contributed by atoms with Crippen molar-refractivity contribution in [2.75, 3.05) is 7.05 Å². The van der Waals surface area contributed by atoms with E-state index in [2.05, 4.69) is 20.9 Å². The molecule has 0 fully saturated rings. The minimum absolute atomic E-state index is 0.104. The molecule has 0 saturated heterocycles. The minimum atomic E-state index is -4.34. The molecule has 30 heavy (non-hydrogen) atoms. The van der Waals surface area contributed by atoms with Gasteiger partial charge >= 0.3 is 6.18 Å². The van der Waals surface area contributed by atoms with Gasteiger partial charge in [-0.15, -0.1) is 0 Å². The summed E-state index contributed by atoms with van der Waals surface area (Å²) in [6.07, 6.45) is -3.49. The number of alkyl halides is 3. The first-order valence-corrected chi connectivity index (χ1v) is 9.73. The van der Waals surface area contributed by atoms with Crippen molar-refractivity contribution in [1.82, 2.24) is 16.0 Å². The number of carbonyl (C=O) groups is 1. The van der Waals surface area contributed by atoms with E-state index < -0.39 is 11.7 Å². The highest BCUT2D eigenvalue weighted by molar-refractivity contribution is 5.94. The third-order valence-electron chi connectivity index (χ3n) is 4.60. The zero-order chi connectivity index (χ0) is 22.1. The molecule has 2 aromatic carbocycles. The van der Waals surface area contributed by atoms with Crippen LogP contribution in [0.1, 0.15) is 47.3 Å². The Morgan fingerprint density at radius 1 is 1.03 bits per heavy atom. The molecule has 2 rings (SSSR count). The van der Waals surface area contributed by atoms with Crippen molar-refractivity contribution < 1.29 is 18.0 Å². The van der Waals surface area contributed by atoms with Crippen molar-refractivity contribution in [3.63, 3.8) is 0 Å². The van der Waals surface area contributed by atoms with Crippen LogP contribution in [-0.2, 0) is 19.3 Å². The number of carbonyl (C=O) groups excluding carboxylic acids is 1. The number of nitrogens with zero attached hydrogens (tertiary/aromatic N) is 1. The number of rotatable bonds is 7. The molecular weight excluding hydrogens is 393 g/mol. The SMILES string of the molecule is CCC(C)NC(=O)c1cccc(CNC(=NC)NCc2ccc(C(F)(F)F)cc2)c1. The lowest BCUT2D eigenvalue weighted by molar-refractivity contribution is -0.137. The molecule has 0 radical (unpaired) electrons. The Bertz CT molecular complexity index is 863. The fourth-order valence-corrected chi connectivity index (χ4v) is 2.64. The van der Waals surface area contributed by atoms with Gasteiger partial charge in [0.2, 0.25) is 0 Å². The normalized spacial score (nSPS) is 12.9. The number of nitrogens with one attached hydrogen (secondary N) is 3. The first kappa shape index (κ1) is 23.3. The molecule has 3 N–H and O–H groups in total. The molecule has 1 atom stereocenters. The van der Waals surface area contributed by atoms with E-state index in [1.54, 1.807) is 13.1 Å². The molecule has 0 aliphatic rings. The van der Waals surface area contributed by atoms with Gasteiger partial charge in [-0.1, -0.05) is 31.2 Å². The molecular formula is C22H27F3N4O. The number of hydrogen-bond acceptors (Lipinski definition) is 2. The van der Waals surface area contributed by atoms with Crippen molar-refractivity contribution in [1.29, 1.82) is 0 Å². The molecule has 0 heterocycles. The van der Waals surface area contributed by atoms with Crippen molar-refractivity contribution in [3.8, 4) is 0 Å². The maximum absolute atomic E-state index is 12.6. The van der Waals surface area contributed by atoms with Crippen molar-refractivity contribution in [2.24, 2.45) is 4.99 Å². The van der Waals surface area contributed by atoms with Gasteiger partial charge in [0.05, 0.1) is 5.56 Å². The van der Waals surface area contributed by atoms with E-state index in [-0.39, 0.29) is 11.9 Å². The van der Waals surface area contributed by atoms with Gasteiger partial charge in [0.15, 0.2) is 5.96 Å². The van der Waals surface area contributed by atoms with Crippen LogP contribution in [0.2, 0.25) is 0 Å². The van der Waals surface area contributed by atoms with E-state index in [0.29, 0.717) is 30.2 Å². The van der Waals surface area contributed by atoms with E-state index in [0.717, 1.165) is 24.1 Å². The Balaban J connectivity index is 1.90. The molecule has 0 aromatic heterocycles. The van der Waals surface area contributed by atoms with Crippen molar-refractivity contribution in [3.05, 3.63) is 70.8 Å². The van der Waals surface area contributed by atoms with Gasteiger partial charge in [-0.3, -0.25) is 9.79 Å². The van der Waals surface area contributed by atoms with Crippen LogP contribution in [0.15, 0.2) is 53.5 Å². The van der Waals surface area contributed by atoms with E-state index in [4.69, 9.17) is 0 Å². The predicted molar refractivity (Wildman–Crippen MR) is 112 cm³/mol. The van der Waals surface area contributed by atoms with Crippen LogP contribution in [0.3, 0.4) is 0 Å². The second-order valence-corrected chi connectivity index (χ2v) is 6.96. The Labute approximate surface area is 174 Å². The van der Waals surface area contributed by atoms with E-state index >= 15 is 0 Å². The Morgan fingerprint density at radius 3 is 2.23 bits per heavy atom. The number of benzene rings is 2. The predicted octanol–water partition coefficient (Wildman–Crippen LogP) is 4.10. The van der Waals surface area contributed by atoms with Crippen LogP contribution in [0, 0.1) is 0 Å². The zero-order valence-corrected chi connectivity index (χ0v) is 17.3. The van der Waals surface area contributed by atoms with Crippen molar-refractivity contribution in [2.45, 2.75) is 45.6 Å². The fraction of sp³-hybridized carbons (Fsp3) is 0.364. The highest BCUT2D eigenvalue weighted by atomic mass is 19.4. The molecule has 8 heteroatoms. The van der Waals surface area contributed by atoms with Gasteiger partial charge in [-0.05, 0) is 48.7 Å². The summed E-state index contributed by atoms with van der Waals surface area (Å²) in [5.41, 5.74) is 1.52. The zero-order valence-electron chi connectivity index (χ0n) is 17.3. The second-order valence-electron chi connectivity index (χ2n) is 6.96. The van der Waals surface area contributed by atoms with Gasteiger partial charge in [-0.25, -0.2) is 0 Å². The van der Waals surface area contributed by atoms with Crippen molar-refractivity contribution >= 4 is 11.9 Å². The molecule has 0 spiro atoms. The molecule has 162 valence electrons. The van der Waals surface area contributed by atoms with Crippen LogP contribution in [0.4, 0.5) is 13.2 Å². The summed E-state index contributed by atoms with van der Waals surface area (Å²) >= 11 is 0. The van der Waals surface area contributed by atoms with E-state index in [9.17, 15) is 18.0 Å². The molecule has 0 aliphatic carbocycles. The Hall–Kier alpha value is -3.03. The summed E-state index contributed by atoms with van der Waals surface area (Å²) < 4.78 is 37.9. The summed E-state index contributed by atoms with van der Waals surface area (Å²) in [6, 6.07) is 12.4. The van der Waals surface area contributed by atoms with Gasteiger partial charge in [0, 0.05) is 31.7 Å². The number of halogens is 3. The van der Waals surface area contributed by atoms with E-state index in [1.165, 1.54) is 12.1 Å². The third-order valence-corrected chi connectivity index (χ3v) is 4.60. The lowest BCUT2D eigenvalue weighted by Gasteiger charge is -2.14. The van der Waals surface area contributed by atoms with Gasteiger partial charge in [-0.2, -0.15) is 13.2 Å². The third kappa shape index (κ3) is 7.09. The molecule has 0 saturated carbocycles. The number of hydrogen-bond donors (Lipinski definition) is 3. The highest BCUT2D eigenvalue weighted by Gasteiger charge is 2.29. The smallest absolute Gasteiger partial charge is 0.352 e. The number of amides is 1. The topological polar surface area (TPSA) is 65.5 Å². The van der Waals surface area contributed by atoms with Crippen LogP contribution in [0.5, 0.6) is 0 Å². The maximum atomic E-state index is 12.6. The molecule has 1 amide bonds. The van der Waals surface area contributed by atoms with Gasteiger partial charge in [0.1, 0.15) is 0 Å². The summed E-state index contributed by atoms with van der Waals surface area (Å²) in [7, 11) is 1.61. The lowest BCUT2D eigenvalue weighted by atomic mass is 10.1. The van der Waals surface area contributed by atoms with Crippen LogP contribution in [-0.4, -0.2) is 25.0 Å². The summed E-state index contributed by atoms with van der Waals surface area (Å²) in [4.78, 5) is 16.4. The van der Waals surface area contributed by atoms with Crippen LogP contribution >= 0.6 is 0 Å². The monoisotopic (exact) mass is 420 g/mol. The summed E-state index contributed by atoms with van der Waals surface area (Å²) in [5.74, 6) is 0.389. The standard InChI is InChI=1S/C22H27F3N4O/c1-4-15(2)29-20(30)18-7-5-6-17(12-18)14-28-21(26-3)27-13-16-8-10-19(11-9-16)22(23,24)25/h5-12,15H,4,13-14H2,1-3H3,(H,29,30)(H2,26,27,28). The first-order valence-electron chi connectivity index (χ1n) is 9.73. The quantitative estimate of drug-likeness (QED) is 0.467. The number of aliphatic imine (C=N–C) groups is 1. The molecule has 0 bridgehead atoms. The lowest BCUT2D eigenvalue weighted by Crippen LogP contribution is -2.36. The maximum Gasteiger partial charge on any atom is 0.416 e. The minimum Gasteiger partial charge on any atom is -0.352 e. The fourth-order valence-electron chi connectivity index (χ4n) is 2.64. The molecule has 5 nitrogen and oxygen atoms in total. The van der Waals surface area contributed by atoms with E-state index in [1.807, 2.05) is 32.0 Å². The molecule has 2 aromatic rings. The summed E-state index contributed by atoms with van der Waals surface area (Å²) in [5, 5.41) is 9.14. The molecule has 0 aliphatic heterocycles. The van der Waals surface area contributed by atoms with Crippen LogP contribution < -0.4 is 16.0 Å². The number of guanidine groups is 1. The Morgan fingerprint density at radius 2 is 1.67 bits per heavy atom. The second kappa shape index (κ2) is 10.7. The average Bonchev–Trinajstić information content (AvgIpc) is 2.73. The highest BCUT2D eigenvalue weighted by Crippen LogP contribution is 2.29. The van der Waals surface area contributed by atoms with Crippen LogP contribution in [0.25, 0.3) is 0 Å². The molecule has 1 unspecified atom stereocenters. The summed E-state index contributed by atoms with van der Waals surface area (Å²) in [6.45, 7) is 4.73. The average molecular weight is 420 g/mol. The van der Waals surface area contributed by atoms with Gasteiger partial charge < -0.3 is 16.0 Å². The largest absolute Gasteiger partial charge is 0.416 e. The first-order chi connectivity index (χ1) is 14.2. The van der Waals surface area contributed by atoms with Gasteiger partial charge in [0.25, 0.3) is 5.91 Å². The Kier molecular flexibility index (Phi) is 8.26.